The molecule has 1 rings (SSSR count). The summed E-state index contributed by atoms with van der Waals surface area (Å²) >= 11 is 2.90. The zero-order chi connectivity index (χ0) is 14.4. The lowest BCUT2D eigenvalue weighted by Gasteiger charge is -2.13. The van der Waals surface area contributed by atoms with Gasteiger partial charge in [0.25, 0.3) is 0 Å². The van der Waals surface area contributed by atoms with Gasteiger partial charge in [-0.2, -0.15) is 0 Å². The molecule has 6 heteroatoms. The second kappa shape index (κ2) is 7.55. The first-order valence-electron chi connectivity index (χ1n) is 6.01. The summed E-state index contributed by atoms with van der Waals surface area (Å²) in [5.74, 6) is -1.42. The molecular weight excluding hydrogens is 320 g/mol. The van der Waals surface area contributed by atoms with Crippen LogP contribution >= 0.6 is 15.9 Å². The Kier molecular flexibility index (Phi) is 6.37. The van der Waals surface area contributed by atoms with Crippen LogP contribution in [0.25, 0.3) is 0 Å². The standard InChI is InChI=1S/C13H16BrF2NO2/c1-2-19-13(18)5-3-4-12(17)8-6-11(16)9(14)7-10(8)15/h6-7,12H,2-5,17H2,1H3. The highest BCUT2D eigenvalue weighted by Crippen LogP contribution is 2.25. The molecule has 1 atom stereocenters. The molecule has 1 aromatic carbocycles. The molecule has 0 amide bonds. The minimum atomic E-state index is -0.642. The van der Waals surface area contributed by atoms with Gasteiger partial charge < -0.3 is 10.5 Å². The highest BCUT2D eigenvalue weighted by Gasteiger charge is 2.15. The summed E-state index contributed by atoms with van der Waals surface area (Å²) in [7, 11) is 0. The van der Waals surface area contributed by atoms with Gasteiger partial charge in [0.2, 0.25) is 0 Å². The van der Waals surface area contributed by atoms with Gasteiger partial charge in [-0.3, -0.25) is 4.79 Å². The van der Waals surface area contributed by atoms with E-state index < -0.39 is 17.7 Å². The van der Waals surface area contributed by atoms with Crippen LogP contribution in [0.15, 0.2) is 16.6 Å². The molecule has 3 nitrogen and oxygen atoms in total. The van der Waals surface area contributed by atoms with Crippen LogP contribution in [0.4, 0.5) is 8.78 Å². The number of benzene rings is 1. The Morgan fingerprint density at radius 2 is 2.11 bits per heavy atom. The highest BCUT2D eigenvalue weighted by atomic mass is 79.9. The highest BCUT2D eigenvalue weighted by molar-refractivity contribution is 9.10. The first-order chi connectivity index (χ1) is 8.95. The fourth-order valence-corrected chi connectivity index (χ4v) is 1.99. The van der Waals surface area contributed by atoms with Crippen LogP contribution in [0.3, 0.4) is 0 Å². The van der Waals surface area contributed by atoms with Gasteiger partial charge in [-0.15, -0.1) is 0 Å². The quantitative estimate of drug-likeness (QED) is 0.639. The average molecular weight is 336 g/mol. The summed E-state index contributed by atoms with van der Waals surface area (Å²) < 4.78 is 31.8. The van der Waals surface area contributed by atoms with Crippen molar-refractivity contribution in [2.24, 2.45) is 5.73 Å². The van der Waals surface area contributed by atoms with Crippen LogP contribution < -0.4 is 5.73 Å². The molecule has 0 radical (unpaired) electrons. The third kappa shape index (κ3) is 4.87. The maximum absolute atomic E-state index is 13.6. The van der Waals surface area contributed by atoms with Gasteiger partial charge in [-0.05, 0) is 47.8 Å². The average Bonchev–Trinajstić information content (AvgIpc) is 2.34. The summed E-state index contributed by atoms with van der Waals surface area (Å²) in [6.07, 6.45) is 1.08. The normalized spacial score (nSPS) is 12.3. The fraction of sp³-hybridized carbons (Fsp3) is 0.462. The number of carbonyl (C=O) groups is 1. The number of ether oxygens (including phenoxy) is 1. The molecule has 0 heterocycles. The molecule has 19 heavy (non-hydrogen) atoms. The SMILES string of the molecule is CCOC(=O)CCCC(N)c1cc(F)c(Br)cc1F. The van der Waals surface area contributed by atoms with Gasteiger partial charge in [-0.1, -0.05) is 0 Å². The second-order valence-electron chi connectivity index (χ2n) is 4.09. The molecule has 0 aliphatic rings. The molecule has 0 saturated heterocycles. The van der Waals surface area contributed by atoms with E-state index in [2.05, 4.69) is 15.9 Å². The number of hydrogen-bond acceptors (Lipinski definition) is 3. The number of nitrogens with two attached hydrogens (primary N) is 1. The summed E-state index contributed by atoms with van der Waals surface area (Å²) in [4.78, 5) is 11.1. The second-order valence-corrected chi connectivity index (χ2v) is 4.95. The molecule has 0 fully saturated rings. The Hall–Kier alpha value is -1.01. The van der Waals surface area contributed by atoms with Gasteiger partial charge in [0.15, 0.2) is 0 Å². The Balaban J connectivity index is 2.56. The van der Waals surface area contributed by atoms with Crippen molar-refractivity contribution in [1.82, 2.24) is 0 Å². The molecule has 2 N–H and O–H groups in total. The minimum Gasteiger partial charge on any atom is -0.466 e. The van der Waals surface area contributed by atoms with Crippen molar-refractivity contribution in [1.29, 1.82) is 0 Å². The van der Waals surface area contributed by atoms with Gasteiger partial charge in [0.1, 0.15) is 11.6 Å². The lowest BCUT2D eigenvalue weighted by atomic mass is 10.0. The maximum Gasteiger partial charge on any atom is 0.305 e. The zero-order valence-corrected chi connectivity index (χ0v) is 12.2. The van der Waals surface area contributed by atoms with Crippen molar-refractivity contribution >= 4 is 21.9 Å². The van der Waals surface area contributed by atoms with Crippen molar-refractivity contribution in [3.63, 3.8) is 0 Å². The van der Waals surface area contributed by atoms with E-state index in [1.54, 1.807) is 6.92 Å². The van der Waals surface area contributed by atoms with Crippen LogP contribution in [0.5, 0.6) is 0 Å². The summed E-state index contributed by atoms with van der Waals surface area (Å²) in [5, 5.41) is 0. The fourth-order valence-electron chi connectivity index (χ4n) is 1.68. The van der Waals surface area contributed by atoms with E-state index in [9.17, 15) is 13.6 Å². The molecule has 0 bridgehead atoms. The predicted octanol–water partition coefficient (Wildman–Crippen LogP) is 3.46. The minimum absolute atomic E-state index is 0.0625. The smallest absolute Gasteiger partial charge is 0.305 e. The molecule has 0 aliphatic carbocycles. The molecule has 0 aliphatic heterocycles. The Morgan fingerprint density at radius 3 is 2.74 bits per heavy atom. The van der Waals surface area contributed by atoms with E-state index in [0.717, 1.165) is 12.1 Å². The molecule has 0 saturated carbocycles. The molecule has 106 valence electrons. The Bertz CT molecular complexity index is 455. The van der Waals surface area contributed by atoms with Gasteiger partial charge in [0.05, 0.1) is 11.1 Å². The van der Waals surface area contributed by atoms with E-state index in [1.165, 1.54) is 0 Å². The van der Waals surface area contributed by atoms with Crippen LogP contribution in [-0.2, 0) is 9.53 Å². The maximum atomic E-state index is 13.6. The third-order valence-corrected chi connectivity index (χ3v) is 3.25. The van der Waals surface area contributed by atoms with E-state index in [4.69, 9.17) is 10.5 Å². The van der Waals surface area contributed by atoms with Crippen LogP contribution in [0, 0.1) is 11.6 Å². The first kappa shape index (κ1) is 16.0. The Morgan fingerprint density at radius 1 is 1.42 bits per heavy atom. The van der Waals surface area contributed by atoms with Crippen molar-refractivity contribution in [3.05, 3.63) is 33.8 Å². The van der Waals surface area contributed by atoms with Crippen molar-refractivity contribution in [2.45, 2.75) is 32.2 Å². The van der Waals surface area contributed by atoms with Crippen LogP contribution in [-0.4, -0.2) is 12.6 Å². The monoisotopic (exact) mass is 335 g/mol. The van der Waals surface area contributed by atoms with E-state index in [0.29, 0.717) is 19.4 Å². The lowest BCUT2D eigenvalue weighted by Crippen LogP contribution is -2.14. The van der Waals surface area contributed by atoms with E-state index >= 15 is 0 Å². The number of rotatable bonds is 6. The number of halogens is 3. The Labute approximate surface area is 119 Å². The lowest BCUT2D eigenvalue weighted by molar-refractivity contribution is -0.143. The number of esters is 1. The summed E-state index contributed by atoms with van der Waals surface area (Å²) in [6, 6.07) is 1.49. The first-order valence-corrected chi connectivity index (χ1v) is 6.80. The van der Waals surface area contributed by atoms with Crippen molar-refractivity contribution in [3.8, 4) is 0 Å². The summed E-state index contributed by atoms with van der Waals surface area (Å²) in [6.45, 7) is 2.06. The van der Waals surface area contributed by atoms with Crippen LogP contribution in [0.2, 0.25) is 0 Å². The molecule has 1 unspecified atom stereocenters. The number of carbonyl (C=O) groups excluding carboxylic acids is 1. The number of hydrogen-bond donors (Lipinski definition) is 1. The molecular formula is C13H16BrF2NO2. The van der Waals surface area contributed by atoms with E-state index in [-0.39, 0.29) is 22.4 Å². The predicted molar refractivity (Wildman–Crippen MR) is 71.5 cm³/mol. The largest absolute Gasteiger partial charge is 0.466 e. The van der Waals surface area contributed by atoms with Crippen LogP contribution in [0.1, 0.15) is 37.8 Å². The molecule has 1 aromatic rings. The van der Waals surface area contributed by atoms with Crippen molar-refractivity contribution in [2.75, 3.05) is 6.61 Å². The molecule has 0 spiro atoms. The topological polar surface area (TPSA) is 52.3 Å². The third-order valence-electron chi connectivity index (χ3n) is 2.64. The summed E-state index contributed by atoms with van der Waals surface area (Å²) in [5.41, 5.74) is 5.92. The van der Waals surface area contributed by atoms with Gasteiger partial charge in [0, 0.05) is 18.0 Å². The van der Waals surface area contributed by atoms with Gasteiger partial charge in [-0.25, -0.2) is 8.78 Å². The molecule has 0 aromatic heterocycles. The zero-order valence-electron chi connectivity index (χ0n) is 10.6. The van der Waals surface area contributed by atoms with Gasteiger partial charge >= 0.3 is 5.97 Å². The van der Waals surface area contributed by atoms with E-state index in [1.807, 2.05) is 0 Å². The van der Waals surface area contributed by atoms with Crippen molar-refractivity contribution < 1.29 is 18.3 Å².